The Bertz CT molecular complexity index is 1020. The summed E-state index contributed by atoms with van der Waals surface area (Å²) in [7, 11) is 0. The summed E-state index contributed by atoms with van der Waals surface area (Å²) in [6.45, 7) is 18.7. The number of hydrogen-bond donors (Lipinski definition) is 0. The molecule has 33 heavy (non-hydrogen) atoms. The van der Waals surface area contributed by atoms with Gasteiger partial charge in [-0.1, -0.05) is 51.5 Å². The fourth-order valence-corrected chi connectivity index (χ4v) is 6.92. The van der Waals surface area contributed by atoms with Crippen molar-refractivity contribution in [2.45, 2.75) is 99.5 Å². The number of rotatable bonds is 3. The van der Waals surface area contributed by atoms with Crippen LogP contribution >= 0.6 is 0 Å². The van der Waals surface area contributed by atoms with Gasteiger partial charge in [0.2, 0.25) is 0 Å². The summed E-state index contributed by atoms with van der Waals surface area (Å²) in [5.41, 5.74) is 2.46. The van der Waals surface area contributed by atoms with Crippen LogP contribution in [0, 0.1) is 35.5 Å². The topological polar surface area (TPSA) is 43.4 Å². The van der Waals surface area contributed by atoms with E-state index >= 15 is 0 Å². The molecule has 1 aromatic carbocycles. The van der Waals surface area contributed by atoms with E-state index in [2.05, 4.69) is 52.8 Å². The SMILES string of the molecule is Cc1ccc2c(c1)[C@H](C(C)C)CC[C@]21C[C@@H](CC(C)C)C2=C(O1)C(C)(C)C(=O)C(C)(C)C2=O. The van der Waals surface area contributed by atoms with E-state index in [1.54, 1.807) is 13.8 Å². The Labute approximate surface area is 200 Å². The summed E-state index contributed by atoms with van der Waals surface area (Å²) >= 11 is 0. The molecule has 1 spiro atoms. The zero-order chi connectivity index (χ0) is 24.5. The molecule has 0 radical (unpaired) electrons. The Morgan fingerprint density at radius 3 is 2.30 bits per heavy atom. The molecule has 1 aliphatic heterocycles. The minimum atomic E-state index is -1.00. The summed E-state index contributed by atoms with van der Waals surface area (Å²) in [6, 6.07) is 6.80. The molecule has 0 amide bonds. The van der Waals surface area contributed by atoms with Gasteiger partial charge in [-0.15, -0.1) is 0 Å². The molecule has 0 N–H and O–H groups in total. The van der Waals surface area contributed by atoms with E-state index in [4.69, 9.17) is 4.74 Å². The minimum Gasteiger partial charge on any atom is -0.485 e. The quantitative estimate of drug-likeness (QED) is 0.455. The molecule has 3 nitrogen and oxygen atoms in total. The van der Waals surface area contributed by atoms with Gasteiger partial charge in [0.1, 0.15) is 11.4 Å². The van der Waals surface area contributed by atoms with Crippen LogP contribution < -0.4 is 0 Å². The van der Waals surface area contributed by atoms with Gasteiger partial charge in [0.15, 0.2) is 11.6 Å². The van der Waals surface area contributed by atoms with Crippen molar-refractivity contribution in [3.05, 3.63) is 46.2 Å². The van der Waals surface area contributed by atoms with Crippen LogP contribution in [0.2, 0.25) is 0 Å². The number of hydrogen-bond acceptors (Lipinski definition) is 3. The van der Waals surface area contributed by atoms with E-state index in [1.807, 2.05) is 13.8 Å². The highest BCUT2D eigenvalue weighted by Crippen LogP contribution is 2.59. The molecule has 0 unspecified atom stereocenters. The van der Waals surface area contributed by atoms with Crippen molar-refractivity contribution in [1.29, 1.82) is 0 Å². The zero-order valence-corrected chi connectivity index (χ0v) is 22.1. The Hall–Kier alpha value is -1.90. The highest BCUT2D eigenvalue weighted by molar-refractivity contribution is 6.19. The van der Waals surface area contributed by atoms with Crippen molar-refractivity contribution in [3.8, 4) is 0 Å². The molecule has 3 heteroatoms. The molecule has 0 bridgehead atoms. The number of ether oxygens (including phenoxy) is 1. The highest BCUT2D eigenvalue weighted by atomic mass is 16.5. The predicted molar refractivity (Wildman–Crippen MR) is 133 cm³/mol. The van der Waals surface area contributed by atoms with E-state index in [-0.39, 0.29) is 17.5 Å². The molecule has 4 rings (SSSR count). The van der Waals surface area contributed by atoms with Crippen LogP contribution in [0.15, 0.2) is 29.5 Å². The number of fused-ring (bicyclic) bond motifs is 2. The summed E-state index contributed by atoms with van der Waals surface area (Å²) < 4.78 is 7.01. The standard InChI is InChI=1S/C30H42O3/c1-17(2)14-20-16-30(13-12-21(18(3)4)22-15-19(5)10-11-23(22)30)33-26-24(20)25(31)28(6,7)27(32)29(26,8)9/h10-11,15,17-18,20-21H,12-14,16H2,1-9H3/t20-,21+,30+/m1/s1. The zero-order valence-electron chi connectivity index (χ0n) is 22.1. The molecule has 0 saturated heterocycles. The lowest BCUT2D eigenvalue weighted by Crippen LogP contribution is -2.55. The van der Waals surface area contributed by atoms with Crippen LogP contribution in [0.1, 0.15) is 104 Å². The molecular weight excluding hydrogens is 408 g/mol. The average molecular weight is 451 g/mol. The molecule has 1 aromatic rings. The smallest absolute Gasteiger partial charge is 0.175 e. The number of carbonyl (C=O) groups is 2. The lowest BCUT2D eigenvalue weighted by atomic mass is 9.57. The van der Waals surface area contributed by atoms with E-state index in [0.29, 0.717) is 23.5 Å². The second kappa shape index (κ2) is 7.82. The van der Waals surface area contributed by atoms with E-state index in [1.165, 1.54) is 16.7 Å². The summed E-state index contributed by atoms with van der Waals surface area (Å²) in [5.74, 6) is 2.24. The van der Waals surface area contributed by atoms with Gasteiger partial charge in [0.05, 0.1) is 10.8 Å². The van der Waals surface area contributed by atoms with Gasteiger partial charge in [0.25, 0.3) is 0 Å². The molecular formula is C30H42O3. The summed E-state index contributed by atoms with van der Waals surface area (Å²) in [5, 5.41) is 0. The van der Waals surface area contributed by atoms with Crippen LogP contribution in [-0.4, -0.2) is 11.6 Å². The Balaban J connectivity index is 1.94. The third-order valence-corrected chi connectivity index (χ3v) is 8.56. The van der Waals surface area contributed by atoms with Crippen LogP contribution in [0.4, 0.5) is 0 Å². The number of carbonyl (C=O) groups excluding carboxylic acids is 2. The number of allylic oxidation sites excluding steroid dienone is 2. The number of ketones is 2. The number of Topliss-reactive ketones (excluding diaryl/α,β-unsaturated/α-hetero) is 2. The van der Waals surface area contributed by atoms with Crippen molar-refractivity contribution >= 4 is 11.6 Å². The van der Waals surface area contributed by atoms with Gasteiger partial charge < -0.3 is 4.74 Å². The molecule has 0 saturated carbocycles. The monoisotopic (exact) mass is 450 g/mol. The number of benzene rings is 1. The lowest BCUT2D eigenvalue weighted by Gasteiger charge is -2.53. The molecule has 3 aliphatic rings. The molecule has 180 valence electrons. The van der Waals surface area contributed by atoms with Gasteiger partial charge in [-0.3, -0.25) is 9.59 Å². The summed E-state index contributed by atoms with van der Waals surface area (Å²) in [6.07, 6.45) is 3.75. The second-order valence-electron chi connectivity index (χ2n) is 12.8. The summed E-state index contributed by atoms with van der Waals surface area (Å²) in [4.78, 5) is 27.2. The van der Waals surface area contributed by atoms with Crippen LogP contribution in [0.5, 0.6) is 0 Å². The third-order valence-electron chi connectivity index (χ3n) is 8.56. The molecule has 0 fully saturated rings. The third kappa shape index (κ3) is 3.61. The van der Waals surface area contributed by atoms with Crippen molar-refractivity contribution in [1.82, 2.24) is 0 Å². The van der Waals surface area contributed by atoms with E-state index in [9.17, 15) is 9.59 Å². The van der Waals surface area contributed by atoms with Crippen molar-refractivity contribution in [3.63, 3.8) is 0 Å². The first-order valence-electron chi connectivity index (χ1n) is 12.9. The Kier molecular flexibility index (Phi) is 5.74. The van der Waals surface area contributed by atoms with Crippen molar-refractivity contribution < 1.29 is 14.3 Å². The number of aryl methyl sites for hydroxylation is 1. The Morgan fingerprint density at radius 2 is 1.70 bits per heavy atom. The average Bonchev–Trinajstić information content (AvgIpc) is 2.71. The predicted octanol–water partition coefficient (Wildman–Crippen LogP) is 7.26. The first kappa shape index (κ1) is 24.2. The van der Waals surface area contributed by atoms with Crippen molar-refractivity contribution in [2.75, 3.05) is 0 Å². The molecule has 2 aliphatic carbocycles. The van der Waals surface area contributed by atoms with Gasteiger partial charge in [-0.25, -0.2) is 0 Å². The van der Waals surface area contributed by atoms with Gasteiger partial charge >= 0.3 is 0 Å². The molecule has 0 aromatic heterocycles. The van der Waals surface area contributed by atoms with Gasteiger partial charge in [0, 0.05) is 5.57 Å². The van der Waals surface area contributed by atoms with E-state index < -0.39 is 16.4 Å². The molecule has 1 heterocycles. The fraction of sp³-hybridized carbons (Fsp3) is 0.667. The van der Waals surface area contributed by atoms with Gasteiger partial charge in [-0.05, 0) is 95.1 Å². The first-order valence-corrected chi connectivity index (χ1v) is 12.9. The van der Waals surface area contributed by atoms with E-state index in [0.717, 1.165) is 31.3 Å². The normalized spacial score (nSPS) is 30.5. The second-order valence-corrected chi connectivity index (χ2v) is 12.8. The van der Waals surface area contributed by atoms with Crippen molar-refractivity contribution in [2.24, 2.45) is 28.6 Å². The van der Waals surface area contributed by atoms with Crippen LogP contribution in [-0.2, 0) is 19.9 Å². The largest absolute Gasteiger partial charge is 0.485 e. The van der Waals surface area contributed by atoms with Gasteiger partial charge in [-0.2, -0.15) is 0 Å². The maximum atomic E-state index is 13.7. The van der Waals surface area contributed by atoms with Crippen LogP contribution in [0.25, 0.3) is 0 Å². The Morgan fingerprint density at radius 1 is 1.03 bits per heavy atom. The maximum Gasteiger partial charge on any atom is 0.175 e. The highest BCUT2D eigenvalue weighted by Gasteiger charge is 2.60. The maximum absolute atomic E-state index is 13.7. The molecule has 3 atom stereocenters. The minimum absolute atomic E-state index is 0.0256. The first-order chi connectivity index (χ1) is 15.2. The van der Waals surface area contributed by atoms with Crippen LogP contribution in [0.3, 0.4) is 0 Å². The lowest BCUT2D eigenvalue weighted by molar-refractivity contribution is -0.153. The fourth-order valence-electron chi connectivity index (χ4n) is 6.92.